The van der Waals surface area contributed by atoms with Crippen LogP contribution in [0.5, 0.6) is 0 Å². The molecule has 1 heterocycles. The van der Waals surface area contributed by atoms with Gasteiger partial charge in [-0.15, -0.1) is 0 Å². The first kappa shape index (κ1) is 13.0. The lowest BCUT2D eigenvalue weighted by atomic mass is 10.0. The van der Waals surface area contributed by atoms with Crippen LogP contribution in [0, 0.1) is 5.82 Å². The van der Waals surface area contributed by atoms with Crippen LogP contribution >= 0.6 is 0 Å². The maximum Gasteiger partial charge on any atom is 0.239 e. The van der Waals surface area contributed by atoms with Crippen LogP contribution in [0.2, 0.25) is 0 Å². The summed E-state index contributed by atoms with van der Waals surface area (Å²) in [5, 5.41) is 3.22. The number of carbonyl (C=O) groups excluding carboxylic acids is 1. The number of piperidine rings is 1. The number of hydrogen-bond donors (Lipinski definition) is 1. The van der Waals surface area contributed by atoms with E-state index in [1.807, 2.05) is 0 Å². The van der Waals surface area contributed by atoms with Gasteiger partial charge in [0.1, 0.15) is 5.82 Å². The van der Waals surface area contributed by atoms with Crippen LogP contribution in [-0.2, 0) is 11.3 Å². The highest BCUT2D eigenvalue weighted by atomic mass is 19.1. The molecular formula is C14H19FN2O. The fraction of sp³-hybridized carbons (Fsp3) is 0.500. The van der Waals surface area contributed by atoms with Crippen molar-refractivity contribution in [1.29, 1.82) is 0 Å². The molecule has 1 amide bonds. The van der Waals surface area contributed by atoms with E-state index in [1.54, 1.807) is 30.1 Å². The highest BCUT2D eigenvalue weighted by Crippen LogP contribution is 2.13. The fourth-order valence-electron chi connectivity index (χ4n) is 2.29. The maximum atomic E-state index is 13.5. The number of nitrogens with one attached hydrogen (secondary N) is 1. The van der Waals surface area contributed by atoms with Crippen LogP contribution in [0.25, 0.3) is 0 Å². The molecule has 1 aliphatic heterocycles. The van der Waals surface area contributed by atoms with Gasteiger partial charge < -0.3 is 10.2 Å². The zero-order valence-corrected chi connectivity index (χ0v) is 10.7. The topological polar surface area (TPSA) is 32.3 Å². The third-order valence-corrected chi connectivity index (χ3v) is 3.35. The summed E-state index contributed by atoms with van der Waals surface area (Å²) in [5.41, 5.74) is 0.559. The maximum absolute atomic E-state index is 13.5. The Labute approximate surface area is 107 Å². The molecule has 0 aromatic heterocycles. The van der Waals surface area contributed by atoms with E-state index in [0.717, 1.165) is 25.8 Å². The van der Waals surface area contributed by atoms with E-state index in [4.69, 9.17) is 0 Å². The summed E-state index contributed by atoms with van der Waals surface area (Å²) in [6.45, 7) is 1.22. The molecule has 0 unspecified atom stereocenters. The Morgan fingerprint density at radius 1 is 1.44 bits per heavy atom. The van der Waals surface area contributed by atoms with E-state index < -0.39 is 0 Å². The molecule has 0 spiro atoms. The Kier molecular flexibility index (Phi) is 4.31. The van der Waals surface area contributed by atoms with E-state index in [9.17, 15) is 9.18 Å². The molecule has 0 aliphatic carbocycles. The van der Waals surface area contributed by atoms with Gasteiger partial charge in [0.2, 0.25) is 5.91 Å². The van der Waals surface area contributed by atoms with Crippen LogP contribution in [0.4, 0.5) is 4.39 Å². The van der Waals surface area contributed by atoms with Crippen molar-refractivity contribution in [2.45, 2.75) is 31.8 Å². The van der Waals surface area contributed by atoms with Gasteiger partial charge in [0.25, 0.3) is 0 Å². The van der Waals surface area contributed by atoms with Crippen LogP contribution < -0.4 is 5.32 Å². The monoisotopic (exact) mass is 250 g/mol. The average Bonchev–Trinajstić information content (AvgIpc) is 2.41. The van der Waals surface area contributed by atoms with Gasteiger partial charge >= 0.3 is 0 Å². The summed E-state index contributed by atoms with van der Waals surface area (Å²) < 4.78 is 13.5. The minimum absolute atomic E-state index is 0.0537. The predicted octanol–water partition coefficient (Wildman–Crippen LogP) is 1.93. The number of likely N-dealkylation sites (N-methyl/N-ethyl adjacent to an activating group) is 1. The third-order valence-electron chi connectivity index (χ3n) is 3.35. The van der Waals surface area contributed by atoms with E-state index in [1.165, 1.54) is 6.07 Å². The van der Waals surface area contributed by atoms with Crippen molar-refractivity contribution in [3.63, 3.8) is 0 Å². The van der Waals surface area contributed by atoms with Gasteiger partial charge in [0.05, 0.1) is 6.04 Å². The Balaban J connectivity index is 1.96. The molecule has 1 atom stereocenters. The molecule has 3 nitrogen and oxygen atoms in total. The molecule has 98 valence electrons. The minimum Gasteiger partial charge on any atom is -0.340 e. The Bertz CT molecular complexity index is 416. The quantitative estimate of drug-likeness (QED) is 0.889. The Morgan fingerprint density at radius 2 is 2.22 bits per heavy atom. The lowest BCUT2D eigenvalue weighted by Crippen LogP contribution is -2.47. The minimum atomic E-state index is -0.256. The standard InChI is InChI=1S/C14H19FN2O/c1-17(10-11-6-2-3-7-12(11)15)14(18)13-8-4-5-9-16-13/h2-3,6-7,13,16H,4-5,8-10H2,1H3/t13-/m1/s1. The second-order valence-corrected chi connectivity index (χ2v) is 4.79. The van der Waals surface area contributed by atoms with Crippen molar-refractivity contribution in [1.82, 2.24) is 10.2 Å². The molecule has 1 fully saturated rings. The van der Waals surface area contributed by atoms with Crippen molar-refractivity contribution >= 4 is 5.91 Å². The zero-order valence-electron chi connectivity index (χ0n) is 10.7. The SMILES string of the molecule is CN(Cc1ccccc1F)C(=O)[C@H]1CCCCN1. The van der Waals surface area contributed by atoms with Gasteiger partial charge in [0, 0.05) is 19.2 Å². The van der Waals surface area contributed by atoms with Crippen molar-refractivity contribution < 1.29 is 9.18 Å². The van der Waals surface area contributed by atoms with Crippen LogP contribution in [0.15, 0.2) is 24.3 Å². The third kappa shape index (κ3) is 3.07. The summed E-state index contributed by atoms with van der Waals surface area (Å²) >= 11 is 0. The van der Waals surface area contributed by atoms with Crippen molar-refractivity contribution in [3.05, 3.63) is 35.6 Å². The molecule has 1 aromatic rings. The molecular weight excluding hydrogens is 231 g/mol. The fourth-order valence-corrected chi connectivity index (χ4v) is 2.29. The molecule has 0 saturated carbocycles. The lowest BCUT2D eigenvalue weighted by molar-refractivity contribution is -0.133. The Hall–Kier alpha value is -1.42. The zero-order chi connectivity index (χ0) is 13.0. The molecule has 2 rings (SSSR count). The first-order chi connectivity index (χ1) is 8.68. The summed E-state index contributed by atoms with van der Waals surface area (Å²) in [4.78, 5) is 13.8. The number of rotatable bonds is 3. The van der Waals surface area contributed by atoms with Gasteiger partial charge in [-0.2, -0.15) is 0 Å². The number of benzene rings is 1. The van der Waals surface area contributed by atoms with Gasteiger partial charge in [-0.1, -0.05) is 24.6 Å². The van der Waals surface area contributed by atoms with Crippen molar-refractivity contribution in [2.24, 2.45) is 0 Å². The molecule has 1 aromatic carbocycles. The second-order valence-electron chi connectivity index (χ2n) is 4.79. The van der Waals surface area contributed by atoms with Crippen molar-refractivity contribution in [3.8, 4) is 0 Å². The second kappa shape index (κ2) is 5.96. The largest absolute Gasteiger partial charge is 0.340 e. The highest BCUT2D eigenvalue weighted by Gasteiger charge is 2.23. The van der Waals surface area contributed by atoms with Gasteiger partial charge in [-0.3, -0.25) is 4.79 Å². The lowest BCUT2D eigenvalue weighted by Gasteiger charge is -2.27. The first-order valence-corrected chi connectivity index (χ1v) is 6.40. The van der Waals surface area contributed by atoms with Crippen LogP contribution in [0.1, 0.15) is 24.8 Å². The highest BCUT2D eigenvalue weighted by molar-refractivity contribution is 5.81. The molecule has 4 heteroatoms. The van der Waals surface area contributed by atoms with Crippen molar-refractivity contribution in [2.75, 3.05) is 13.6 Å². The summed E-state index contributed by atoms with van der Waals surface area (Å²) in [6.07, 6.45) is 3.08. The van der Waals surface area contributed by atoms with E-state index in [-0.39, 0.29) is 17.8 Å². The van der Waals surface area contributed by atoms with Crippen LogP contribution in [-0.4, -0.2) is 30.4 Å². The van der Waals surface area contributed by atoms with E-state index in [0.29, 0.717) is 12.1 Å². The van der Waals surface area contributed by atoms with Gasteiger partial charge in [0.15, 0.2) is 0 Å². The predicted molar refractivity (Wildman–Crippen MR) is 68.5 cm³/mol. The van der Waals surface area contributed by atoms with Gasteiger partial charge in [-0.25, -0.2) is 4.39 Å². The van der Waals surface area contributed by atoms with Gasteiger partial charge in [-0.05, 0) is 25.5 Å². The molecule has 18 heavy (non-hydrogen) atoms. The number of halogens is 1. The summed E-state index contributed by atoms with van der Waals surface area (Å²) in [5.74, 6) is -0.202. The number of amides is 1. The Morgan fingerprint density at radius 3 is 2.89 bits per heavy atom. The first-order valence-electron chi connectivity index (χ1n) is 6.40. The van der Waals surface area contributed by atoms with Crippen LogP contribution in [0.3, 0.4) is 0 Å². The van der Waals surface area contributed by atoms with E-state index in [2.05, 4.69) is 5.32 Å². The normalized spacial score (nSPS) is 19.6. The average molecular weight is 250 g/mol. The smallest absolute Gasteiger partial charge is 0.239 e. The molecule has 0 radical (unpaired) electrons. The number of carbonyl (C=O) groups is 1. The molecule has 0 bridgehead atoms. The van der Waals surface area contributed by atoms with E-state index >= 15 is 0 Å². The molecule has 1 saturated heterocycles. The number of hydrogen-bond acceptors (Lipinski definition) is 2. The summed E-state index contributed by atoms with van der Waals surface area (Å²) in [7, 11) is 1.73. The molecule has 1 aliphatic rings. The molecule has 1 N–H and O–H groups in total. The number of nitrogens with zero attached hydrogens (tertiary/aromatic N) is 1. The summed E-state index contributed by atoms with van der Waals surface area (Å²) in [6, 6.07) is 6.48.